The van der Waals surface area contributed by atoms with Crippen molar-refractivity contribution in [2.24, 2.45) is 10.1 Å². The summed E-state index contributed by atoms with van der Waals surface area (Å²) in [5, 5.41) is 16.1. The van der Waals surface area contributed by atoms with Gasteiger partial charge in [-0.15, -0.1) is 10.2 Å². The third-order valence-electron chi connectivity index (χ3n) is 3.54. The van der Waals surface area contributed by atoms with Crippen molar-refractivity contribution in [3.8, 4) is 0 Å². The Kier molecular flexibility index (Phi) is 5.44. The number of hydrogen-bond donors (Lipinski definition) is 3. The molecule has 1 aromatic heterocycles. The SMILES string of the molecule is C/C(=N/Nc1nnc(C)c(=O)[nH]1)c1ccc(NC2=NCCCS2)cc1. The van der Waals surface area contributed by atoms with Gasteiger partial charge < -0.3 is 5.32 Å². The lowest BCUT2D eigenvalue weighted by Gasteiger charge is -2.13. The summed E-state index contributed by atoms with van der Waals surface area (Å²) < 4.78 is 0. The molecule has 8 nitrogen and oxygen atoms in total. The highest BCUT2D eigenvalue weighted by Gasteiger charge is 2.06. The van der Waals surface area contributed by atoms with Gasteiger partial charge in [0.15, 0.2) is 5.17 Å². The Morgan fingerprint density at radius 3 is 2.76 bits per heavy atom. The Hall–Kier alpha value is -2.68. The van der Waals surface area contributed by atoms with Crippen LogP contribution in [0.3, 0.4) is 0 Å². The molecule has 3 rings (SSSR count). The van der Waals surface area contributed by atoms with Gasteiger partial charge in [0.1, 0.15) is 5.69 Å². The summed E-state index contributed by atoms with van der Waals surface area (Å²) in [7, 11) is 0. The molecular weight excluding hydrogens is 338 g/mol. The Labute approximate surface area is 149 Å². The molecule has 25 heavy (non-hydrogen) atoms. The first-order valence-corrected chi connectivity index (χ1v) is 8.89. The molecule has 0 radical (unpaired) electrons. The van der Waals surface area contributed by atoms with Crippen LogP contribution in [-0.2, 0) is 0 Å². The molecule has 0 aliphatic carbocycles. The number of aryl methyl sites for hydroxylation is 1. The van der Waals surface area contributed by atoms with Crippen LogP contribution in [0.2, 0.25) is 0 Å². The van der Waals surface area contributed by atoms with Gasteiger partial charge >= 0.3 is 0 Å². The van der Waals surface area contributed by atoms with Gasteiger partial charge in [-0.2, -0.15) is 5.10 Å². The van der Waals surface area contributed by atoms with Crippen molar-refractivity contribution >= 4 is 34.3 Å². The van der Waals surface area contributed by atoms with Gasteiger partial charge in [-0.05, 0) is 38.0 Å². The summed E-state index contributed by atoms with van der Waals surface area (Å²) in [5.74, 6) is 1.31. The molecule has 3 N–H and O–H groups in total. The van der Waals surface area contributed by atoms with E-state index >= 15 is 0 Å². The molecule has 0 bridgehead atoms. The summed E-state index contributed by atoms with van der Waals surface area (Å²) in [5.41, 5.74) is 5.45. The van der Waals surface area contributed by atoms with Gasteiger partial charge in [0.25, 0.3) is 5.56 Å². The lowest BCUT2D eigenvalue weighted by Crippen LogP contribution is -2.16. The molecule has 9 heteroatoms. The number of hydrogen-bond acceptors (Lipinski definition) is 8. The van der Waals surface area contributed by atoms with E-state index in [0.29, 0.717) is 5.69 Å². The van der Waals surface area contributed by atoms with E-state index in [0.717, 1.165) is 40.8 Å². The number of hydrazone groups is 1. The number of H-pyrrole nitrogens is 1. The number of anilines is 2. The fourth-order valence-corrected chi connectivity index (χ4v) is 2.94. The summed E-state index contributed by atoms with van der Waals surface area (Å²) in [6.07, 6.45) is 1.13. The number of thioether (sulfide) groups is 1. The largest absolute Gasteiger partial charge is 0.335 e. The standard InChI is InChI=1S/C16H19N7OS/c1-10(20-22-15-19-14(24)11(2)21-23-15)12-4-6-13(7-5-12)18-16-17-8-3-9-25-16/h4-7H,3,8-9H2,1-2H3,(H,17,18)(H2,19,22,23,24)/b20-10-. The minimum Gasteiger partial charge on any atom is -0.335 e. The van der Waals surface area contributed by atoms with Crippen molar-refractivity contribution in [3.05, 3.63) is 45.9 Å². The maximum Gasteiger partial charge on any atom is 0.274 e. The topological polar surface area (TPSA) is 107 Å². The van der Waals surface area contributed by atoms with Crippen LogP contribution in [0.1, 0.15) is 24.6 Å². The Balaban J connectivity index is 1.65. The Morgan fingerprint density at radius 2 is 2.08 bits per heavy atom. The number of rotatable bonds is 4. The predicted molar refractivity (Wildman–Crippen MR) is 103 cm³/mol. The molecule has 2 aromatic rings. The highest BCUT2D eigenvalue weighted by atomic mass is 32.2. The third kappa shape index (κ3) is 4.66. The molecule has 0 atom stereocenters. The molecule has 0 amide bonds. The smallest absolute Gasteiger partial charge is 0.274 e. The minimum atomic E-state index is -0.288. The second-order valence-corrected chi connectivity index (χ2v) is 6.57. The number of aromatic amines is 1. The van der Waals surface area contributed by atoms with Gasteiger partial charge in [-0.1, -0.05) is 23.9 Å². The maximum absolute atomic E-state index is 11.5. The second-order valence-electron chi connectivity index (χ2n) is 5.49. The average Bonchev–Trinajstić information content (AvgIpc) is 2.64. The molecule has 0 spiro atoms. The number of aliphatic imine (C=N–C) groups is 1. The number of amidine groups is 1. The van der Waals surface area contributed by atoms with Gasteiger partial charge in [0.05, 0.1) is 5.71 Å². The normalized spacial score (nSPS) is 14.8. The van der Waals surface area contributed by atoms with Gasteiger partial charge in [0.2, 0.25) is 5.95 Å². The van der Waals surface area contributed by atoms with Crippen molar-refractivity contribution in [2.75, 3.05) is 23.0 Å². The van der Waals surface area contributed by atoms with Crippen LogP contribution >= 0.6 is 11.8 Å². The second kappa shape index (κ2) is 7.93. The van der Waals surface area contributed by atoms with Gasteiger partial charge in [0, 0.05) is 18.0 Å². The van der Waals surface area contributed by atoms with Crippen molar-refractivity contribution in [1.29, 1.82) is 0 Å². The molecule has 1 aliphatic rings. The van der Waals surface area contributed by atoms with E-state index in [4.69, 9.17) is 0 Å². The fraction of sp³-hybridized carbons (Fsp3) is 0.312. The van der Waals surface area contributed by atoms with Crippen LogP contribution < -0.4 is 16.3 Å². The zero-order valence-corrected chi connectivity index (χ0v) is 14.9. The van der Waals surface area contributed by atoms with E-state index in [9.17, 15) is 4.79 Å². The zero-order valence-electron chi connectivity index (χ0n) is 14.0. The number of nitrogens with one attached hydrogen (secondary N) is 3. The van der Waals surface area contributed by atoms with E-state index in [1.807, 2.05) is 31.2 Å². The van der Waals surface area contributed by atoms with Crippen LogP contribution in [0.4, 0.5) is 11.6 Å². The molecule has 0 unspecified atom stereocenters. The summed E-state index contributed by atoms with van der Waals surface area (Å²) in [6.45, 7) is 4.35. The monoisotopic (exact) mass is 357 g/mol. The van der Waals surface area contributed by atoms with Gasteiger partial charge in [-0.25, -0.2) is 5.43 Å². The predicted octanol–water partition coefficient (Wildman–Crippen LogP) is 2.21. The van der Waals surface area contributed by atoms with Crippen molar-refractivity contribution in [1.82, 2.24) is 15.2 Å². The molecular formula is C16H19N7OS. The van der Waals surface area contributed by atoms with Crippen molar-refractivity contribution in [3.63, 3.8) is 0 Å². The molecule has 0 saturated heterocycles. The van der Waals surface area contributed by atoms with E-state index in [-0.39, 0.29) is 11.5 Å². The first-order valence-electron chi connectivity index (χ1n) is 7.90. The highest BCUT2D eigenvalue weighted by Crippen LogP contribution is 2.17. The van der Waals surface area contributed by atoms with Crippen LogP contribution in [0.15, 0.2) is 39.2 Å². The number of nitrogens with zero attached hydrogens (tertiary/aromatic N) is 4. The average molecular weight is 357 g/mol. The van der Waals surface area contributed by atoms with Crippen molar-refractivity contribution in [2.45, 2.75) is 20.3 Å². The first-order chi connectivity index (χ1) is 12.1. The van der Waals surface area contributed by atoms with E-state index in [1.54, 1.807) is 18.7 Å². The number of benzene rings is 1. The van der Waals surface area contributed by atoms with Crippen molar-refractivity contribution < 1.29 is 0 Å². The number of aromatic nitrogens is 3. The van der Waals surface area contributed by atoms with Crippen LogP contribution in [-0.4, -0.2) is 38.4 Å². The third-order valence-corrected chi connectivity index (χ3v) is 4.54. The molecule has 1 aromatic carbocycles. The van der Waals surface area contributed by atoms with Crippen LogP contribution in [0.25, 0.3) is 0 Å². The molecule has 130 valence electrons. The maximum atomic E-state index is 11.5. The Morgan fingerprint density at radius 1 is 1.28 bits per heavy atom. The lowest BCUT2D eigenvalue weighted by atomic mass is 10.1. The summed E-state index contributed by atoms with van der Waals surface area (Å²) in [6, 6.07) is 7.92. The molecule has 1 aliphatic heterocycles. The van der Waals surface area contributed by atoms with E-state index < -0.39 is 0 Å². The summed E-state index contributed by atoms with van der Waals surface area (Å²) in [4.78, 5) is 18.5. The minimum absolute atomic E-state index is 0.209. The van der Waals surface area contributed by atoms with Gasteiger partial charge in [-0.3, -0.25) is 14.8 Å². The van der Waals surface area contributed by atoms with Crippen LogP contribution in [0, 0.1) is 6.92 Å². The molecule has 0 fully saturated rings. The van der Waals surface area contributed by atoms with E-state index in [2.05, 4.69) is 36.0 Å². The molecule has 0 saturated carbocycles. The van der Waals surface area contributed by atoms with Crippen LogP contribution in [0.5, 0.6) is 0 Å². The Bertz CT molecular complexity index is 858. The quantitative estimate of drug-likeness (QED) is 0.572. The molecule has 2 heterocycles. The lowest BCUT2D eigenvalue weighted by molar-refractivity contribution is 0.897. The van der Waals surface area contributed by atoms with E-state index in [1.165, 1.54) is 0 Å². The fourth-order valence-electron chi connectivity index (χ4n) is 2.10. The first kappa shape index (κ1) is 17.2. The summed E-state index contributed by atoms with van der Waals surface area (Å²) >= 11 is 1.74. The zero-order chi connectivity index (χ0) is 17.6. The highest BCUT2D eigenvalue weighted by molar-refractivity contribution is 8.14.